The number of rotatable bonds is 3. The van der Waals surface area contributed by atoms with Gasteiger partial charge < -0.3 is 14.6 Å². The van der Waals surface area contributed by atoms with Gasteiger partial charge in [0.25, 0.3) is 5.78 Å². The first-order chi connectivity index (χ1) is 7.22. The average molecular weight is 270 g/mol. The van der Waals surface area contributed by atoms with Gasteiger partial charge in [0.2, 0.25) is 0 Å². The van der Waals surface area contributed by atoms with Crippen LogP contribution in [0.2, 0.25) is 0 Å². The van der Waals surface area contributed by atoms with Crippen LogP contribution in [0.4, 0.5) is 0 Å². The molecule has 5 heteroatoms. The van der Waals surface area contributed by atoms with E-state index in [2.05, 4.69) is 15.9 Å². The predicted octanol–water partition coefficient (Wildman–Crippen LogP) is 2.32. The molecule has 2 heterocycles. The Morgan fingerprint density at radius 1 is 1.40 bits per heavy atom. The van der Waals surface area contributed by atoms with Gasteiger partial charge in [0, 0.05) is 0 Å². The van der Waals surface area contributed by atoms with Crippen LogP contribution >= 0.6 is 15.9 Å². The molecule has 0 aliphatic heterocycles. The second kappa shape index (κ2) is 4.04. The third kappa shape index (κ3) is 1.88. The van der Waals surface area contributed by atoms with Crippen LogP contribution in [0.25, 0.3) is 0 Å². The summed E-state index contributed by atoms with van der Waals surface area (Å²) in [5.74, 6) is 0.728. The van der Waals surface area contributed by atoms with E-state index in [9.17, 15) is 4.79 Å². The zero-order valence-electron chi connectivity index (χ0n) is 7.70. The second-order valence-electron chi connectivity index (χ2n) is 2.90. The van der Waals surface area contributed by atoms with Crippen LogP contribution in [-0.2, 0) is 6.54 Å². The zero-order valence-corrected chi connectivity index (χ0v) is 9.28. The molecule has 2 rings (SSSR count). The van der Waals surface area contributed by atoms with Gasteiger partial charge in [-0.05, 0) is 34.1 Å². The Kier molecular flexibility index (Phi) is 2.75. The fourth-order valence-corrected chi connectivity index (χ4v) is 1.56. The molecule has 0 radical (unpaired) electrons. The number of carbonyl (C=O) groups is 1. The van der Waals surface area contributed by atoms with E-state index in [0.717, 1.165) is 0 Å². The Morgan fingerprint density at radius 3 is 2.73 bits per heavy atom. The van der Waals surface area contributed by atoms with Crippen LogP contribution in [-0.4, -0.2) is 5.78 Å². The maximum atomic E-state index is 11.8. The van der Waals surface area contributed by atoms with Crippen LogP contribution in [0.5, 0.6) is 0 Å². The Labute approximate surface area is 94.2 Å². The van der Waals surface area contributed by atoms with Crippen molar-refractivity contribution in [3.05, 3.63) is 46.2 Å². The molecule has 0 fully saturated rings. The van der Waals surface area contributed by atoms with Gasteiger partial charge in [-0.3, -0.25) is 4.79 Å². The number of hydrogen-bond acceptors (Lipinski definition) is 4. The summed E-state index contributed by atoms with van der Waals surface area (Å²) < 4.78 is 10.9. The molecule has 15 heavy (non-hydrogen) atoms. The summed E-state index contributed by atoms with van der Waals surface area (Å²) in [6.07, 6.45) is 1.43. The number of carbonyl (C=O) groups excluding carboxylic acids is 1. The van der Waals surface area contributed by atoms with E-state index in [0.29, 0.717) is 10.2 Å². The van der Waals surface area contributed by atoms with E-state index < -0.39 is 0 Å². The molecule has 0 saturated heterocycles. The van der Waals surface area contributed by atoms with Gasteiger partial charge in [-0.25, -0.2) is 0 Å². The highest BCUT2D eigenvalue weighted by atomic mass is 79.9. The Morgan fingerprint density at radius 2 is 2.20 bits per heavy atom. The highest BCUT2D eigenvalue weighted by molar-refractivity contribution is 9.10. The van der Waals surface area contributed by atoms with E-state index >= 15 is 0 Å². The highest BCUT2D eigenvalue weighted by Gasteiger charge is 2.19. The second-order valence-corrected chi connectivity index (χ2v) is 3.75. The maximum absolute atomic E-state index is 11.8. The summed E-state index contributed by atoms with van der Waals surface area (Å²) in [6.45, 7) is 0.270. The minimum atomic E-state index is -0.299. The van der Waals surface area contributed by atoms with Crippen molar-refractivity contribution in [2.45, 2.75) is 6.54 Å². The van der Waals surface area contributed by atoms with Gasteiger partial charge in [0.15, 0.2) is 11.5 Å². The molecule has 2 aromatic heterocycles. The van der Waals surface area contributed by atoms with Gasteiger partial charge in [0.05, 0.1) is 17.3 Å². The summed E-state index contributed by atoms with van der Waals surface area (Å²) in [4.78, 5) is 11.8. The molecule has 0 unspecified atom stereocenters. The van der Waals surface area contributed by atoms with Crippen molar-refractivity contribution < 1.29 is 13.6 Å². The van der Waals surface area contributed by atoms with Crippen LogP contribution in [0.15, 0.2) is 37.8 Å². The predicted molar refractivity (Wildman–Crippen MR) is 56.4 cm³/mol. The number of hydrogen-bond donors (Lipinski definition) is 1. The van der Waals surface area contributed by atoms with E-state index in [1.165, 1.54) is 6.26 Å². The van der Waals surface area contributed by atoms with Gasteiger partial charge in [-0.1, -0.05) is 0 Å². The van der Waals surface area contributed by atoms with E-state index in [1.54, 1.807) is 18.2 Å². The molecule has 2 aromatic rings. The number of nitrogens with two attached hydrogens (primary N) is 1. The first kappa shape index (κ1) is 10.2. The van der Waals surface area contributed by atoms with E-state index in [-0.39, 0.29) is 23.8 Å². The van der Waals surface area contributed by atoms with Gasteiger partial charge in [0.1, 0.15) is 5.76 Å². The molecular weight excluding hydrogens is 262 g/mol. The normalized spacial score (nSPS) is 10.5. The van der Waals surface area contributed by atoms with Gasteiger partial charge in [-0.2, -0.15) is 0 Å². The molecule has 0 spiro atoms. The zero-order chi connectivity index (χ0) is 10.8. The summed E-state index contributed by atoms with van der Waals surface area (Å²) in [5.41, 5.74) is 5.37. The number of halogens is 1. The molecule has 2 N–H and O–H groups in total. The lowest BCUT2D eigenvalue weighted by Gasteiger charge is -1.93. The minimum absolute atomic E-state index is 0.228. The van der Waals surface area contributed by atoms with Crippen molar-refractivity contribution in [2.75, 3.05) is 0 Å². The number of furan rings is 2. The molecule has 0 atom stereocenters. The quantitative estimate of drug-likeness (QED) is 0.869. The van der Waals surface area contributed by atoms with Crippen molar-refractivity contribution in [3.63, 3.8) is 0 Å². The monoisotopic (exact) mass is 269 g/mol. The SMILES string of the molecule is NCc1ccc(C(=O)c2occc2Br)o1. The lowest BCUT2D eigenvalue weighted by Crippen LogP contribution is -1.99. The van der Waals surface area contributed by atoms with Crippen molar-refractivity contribution in [3.8, 4) is 0 Å². The van der Waals surface area contributed by atoms with Crippen molar-refractivity contribution in [1.29, 1.82) is 0 Å². The van der Waals surface area contributed by atoms with Crippen molar-refractivity contribution >= 4 is 21.7 Å². The van der Waals surface area contributed by atoms with Gasteiger partial charge in [-0.15, -0.1) is 0 Å². The Bertz CT molecular complexity index is 486. The van der Waals surface area contributed by atoms with Crippen molar-refractivity contribution in [2.24, 2.45) is 5.73 Å². The van der Waals surface area contributed by atoms with Crippen molar-refractivity contribution in [1.82, 2.24) is 0 Å². The third-order valence-electron chi connectivity index (χ3n) is 1.91. The fourth-order valence-electron chi connectivity index (χ4n) is 1.18. The molecule has 4 nitrogen and oxygen atoms in total. The first-order valence-corrected chi connectivity index (χ1v) is 5.08. The largest absolute Gasteiger partial charge is 0.459 e. The molecule has 0 bridgehead atoms. The van der Waals surface area contributed by atoms with Crippen LogP contribution in [0.3, 0.4) is 0 Å². The molecular formula is C10H8BrNO3. The highest BCUT2D eigenvalue weighted by Crippen LogP contribution is 2.21. The molecule has 0 aliphatic carbocycles. The molecule has 78 valence electrons. The third-order valence-corrected chi connectivity index (χ3v) is 2.53. The standard InChI is InChI=1S/C10H8BrNO3/c11-7-3-4-14-10(7)9(13)8-2-1-6(5-12)15-8/h1-4H,5,12H2. The maximum Gasteiger partial charge on any atom is 0.264 e. The summed E-state index contributed by atoms with van der Waals surface area (Å²) in [6, 6.07) is 4.91. The Hall–Kier alpha value is -1.33. The smallest absolute Gasteiger partial charge is 0.264 e. The van der Waals surface area contributed by atoms with Gasteiger partial charge >= 0.3 is 0 Å². The van der Waals surface area contributed by atoms with E-state index in [1.807, 2.05) is 0 Å². The van der Waals surface area contributed by atoms with Crippen LogP contribution < -0.4 is 5.73 Å². The van der Waals surface area contributed by atoms with Crippen LogP contribution in [0.1, 0.15) is 22.1 Å². The minimum Gasteiger partial charge on any atom is -0.459 e. The summed E-state index contributed by atoms with van der Waals surface area (Å²) in [7, 11) is 0. The molecule has 0 aliphatic rings. The molecule has 0 amide bonds. The average Bonchev–Trinajstić information content (AvgIpc) is 2.84. The number of ketones is 1. The molecule has 0 saturated carbocycles. The Balaban J connectivity index is 2.32. The summed E-state index contributed by atoms with van der Waals surface area (Å²) in [5, 5.41) is 0. The van der Waals surface area contributed by atoms with Crippen LogP contribution in [0, 0.1) is 0 Å². The summed E-state index contributed by atoms with van der Waals surface area (Å²) >= 11 is 3.21. The topological polar surface area (TPSA) is 69.4 Å². The molecule has 0 aromatic carbocycles. The first-order valence-electron chi connectivity index (χ1n) is 4.29. The lowest BCUT2D eigenvalue weighted by molar-refractivity contribution is 0.0980. The lowest BCUT2D eigenvalue weighted by atomic mass is 10.2. The fraction of sp³-hybridized carbons (Fsp3) is 0.100. The van der Waals surface area contributed by atoms with E-state index in [4.69, 9.17) is 14.6 Å².